The molecule has 0 spiro atoms. The molecule has 162 valence electrons. The van der Waals surface area contributed by atoms with E-state index in [4.69, 9.17) is 14.2 Å². The van der Waals surface area contributed by atoms with Gasteiger partial charge in [0.25, 0.3) is 0 Å². The minimum absolute atomic E-state index is 0.0852. The van der Waals surface area contributed by atoms with Crippen molar-refractivity contribution in [2.45, 2.75) is 13.0 Å². The summed E-state index contributed by atoms with van der Waals surface area (Å²) in [4.78, 5) is 17.7. The molecule has 31 heavy (non-hydrogen) atoms. The molecule has 0 N–H and O–H groups in total. The Kier molecular flexibility index (Phi) is 6.09. The van der Waals surface area contributed by atoms with Gasteiger partial charge in [-0.2, -0.15) is 0 Å². The monoisotopic (exact) mass is 484 g/mol. The third kappa shape index (κ3) is 4.41. The first kappa shape index (κ1) is 20.7. The van der Waals surface area contributed by atoms with Gasteiger partial charge in [0.15, 0.2) is 5.76 Å². The standard InChI is InChI=1S/C24H25BrN2O4/c25-20-5-2-1-4-17(20)14-22-23(28)18-6-7-21-19(24(18)31-22)15-27(16-30-21)9-3-8-26-10-12-29-13-11-26/h1-2,4-7,14H,3,8-13,15-16H2/b22-14-. The summed E-state index contributed by atoms with van der Waals surface area (Å²) in [5, 5.41) is 0. The second-order valence-electron chi connectivity index (χ2n) is 8.01. The van der Waals surface area contributed by atoms with E-state index in [0.29, 0.717) is 23.8 Å². The Hall–Kier alpha value is -2.19. The van der Waals surface area contributed by atoms with Crippen LogP contribution in [0.3, 0.4) is 0 Å². The summed E-state index contributed by atoms with van der Waals surface area (Å²) in [7, 11) is 0. The lowest BCUT2D eigenvalue weighted by Crippen LogP contribution is -2.39. The van der Waals surface area contributed by atoms with Crippen LogP contribution in [0.1, 0.15) is 27.9 Å². The van der Waals surface area contributed by atoms with Crippen molar-refractivity contribution in [1.82, 2.24) is 9.80 Å². The van der Waals surface area contributed by atoms with Gasteiger partial charge in [0, 0.05) is 30.7 Å². The molecule has 2 aromatic rings. The fourth-order valence-electron chi connectivity index (χ4n) is 4.22. The van der Waals surface area contributed by atoms with E-state index in [1.54, 1.807) is 6.08 Å². The first-order chi connectivity index (χ1) is 15.2. The third-order valence-corrected chi connectivity index (χ3v) is 6.65. The van der Waals surface area contributed by atoms with Gasteiger partial charge in [0.05, 0.1) is 24.3 Å². The van der Waals surface area contributed by atoms with Crippen LogP contribution < -0.4 is 9.47 Å². The summed E-state index contributed by atoms with van der Waals surface area (Å²) in [5.74, 6) is 1.70. The number of carbonyl (C=O) groups excluding carboxylic acids is 1. The number of rotatable bonds is 5. The summed E-state index contributed by atoms with van der Waals surface area (Å²) in [6.07, 6.45) is 2.86. The topological polar surface area (TPSA) is 51.2 Å². The molecule has 3 aliphatic heterocycles. The van der Waals surface area contributed by atoms with Crippen LogP contribution in [0.2, 0.25) is 0 Å². The minimum atomic E-state index is -0.0852. The van der Waals surface area contributed by atoms with Crippen molar-refractivity contribution in [1.29, 1.82) is 0 Å². The maximum Gasteiger partial charge on any atom is 0.231 e. The number of carbonyl (C=O) groups is 1. The predicted octanol–water partition coefficient (Wildman–Crippen LogP) is 3.94. The smallest absolute Gasteiger partial charge is 0.231 e. The van der Waals surface area contributed by atoms with E-state index in [-0.39, 0.29) is 5.78 Å². The Morgan fingerprint density at radius 3 is 2.68 bits per heavy atom. The highest BCUT2D eigenvalue weighted by molar-refractivity contribution is 9.10. The molecule has 5 rings (SSSR count). The van der Waals surface area contributed by atoms with Gasteiger partial charge >= 0.3 is 0 Å². The third-order valence-electron chi connectivity index (χ3n) is 5.93. The zero-order valence-corrected chi connectivity index (χ0v) is 18.9. The number of allylic oxidation sites excluding steroid dienone is 1. The van der Waals surface area contributed by atoms with Crippen LogP contribution >= 0.6 is 15.9 Å². The summed E-state index contributed by atoms with van der Waals surface area (Å²) in [6, 6.07) is 11.5. The molecule has 0 unspecified atom stereocenters. The van der Waals surface area contributed by atoms with Crippen molar-refractivity contribution >= 4 is 27.8 Å². The fraction of sp³-hybridized carbons (Fsp3) is 0.375. The van der Waals surface area contributed by atoms with Crippen molar-refractivity contribution in [3.63, 3.8) is 0 Å². The molecule has 0 saturated carbocycles. The fourth-order valence-corrected chi connectivity index (χ4v) is 4.62. The van der Waals surface area contributed by atoms with Gasteiger partial charge in [-0.3, -0.25) is 14.6 Å². The van der Waals surface area contributed by atoms with E-state index in [2.05, 4.69) is 25.7 Å². The summed E-state index contributed by atoms with van der Waals surface area (Å²) >= 11 is 3.53. The molecular weight excluding hydrogens is 460 g/mol. The van der Waals surface area contributed by atoms with Gasteiger partial charge in [-0.05, 0) is 42.8 Å². The zero-order valence-electron chi connectivity index (χ0n) is 17.3. The number of morpholine rings is 1. The number of halogens is 1. The quantitative estimate of drug-likeness (QED) is 0.599. The Labute approximate surface area is 190 Å². The Bertz CT molecular complexity index is 1020. The summed E-state index contributed by atoms with van der Waals surface area (Å²) in [5.41, 5.74) is 2.48. The van der Waals surface area contributed by atoms with Gasteiger partial charge in [0.2, 0.25) is 5.78 Å². The second-order valence-corrected chi connectivity index (χ2v) is 8.87. The maximum atomic E-state index is 12.9. The Morgan fingerprint density at radius 1 is 1.03 bits per heavy atom. The number of benzene rings is 2. The van der Waals surface area contributed by atoms with Crippen molar-refractivity contribution < 1.29 is 19.0 Å². The van der Waals surface area contributed by atoms with Crippen LogP contribution in [0.5, 0.6) is 11.5 Å². The van der Waals surface area contributed by atoms with E-state index in [9.17, 15) is 4.79 Å². The van der Waals surface area contributed by atoms with Crippen LogP contribution in [0.25, 0.3) is 6.08 Å². The number of Topliss-reactive ketones (excluding diaryl/α,β-unsaturated/α-hetero) is 1. The van der Waals surface area contributed by atoms with Crippen molar-refractivity contribution in [3.05, 3.63) is 63.3 Å². The van der Waals surface area contributed by atoms with Gasteiger partial charge in [-0.1, -0.05) is 34.1 Å². The van der Waals surface area contributed by atoms with Crippen LogP contribution in [-0.2, 0) is 11.3 Å². The first-order valence-corrected chi connectivity index (χ1v) is 11.5. The largest absolute Gasteiger partial charge is 0.478 e. The van der Waals surface area contributed by atoms with Gasteiger partial charge in [-0.15, -0.1) is 0 Å². The molecule has 1 saturated heterocycles. The molecule has 2 aromatic carbocycles. The van der Waals surface area contributed by atoms with Gasteiger partial charge < -0.3 is 14.2 Å². The van der Waals surface area contributed by atoms with E-state index < -0.39 is 0 Å². The number of ketones is 1. The van der Waals surface area contributed by atoms with Crippen molar-refractivity contribution in [3.8, 4) is 11.5 Å². The van der Waals surface area contributed by atoms with Crippen LogP contribution in [0.4, 0.5) is 0 Å². The van der Waals surface area contributed by atoms with Gasteiger partial charge in [0.1, 0.15) is 18.2 Å². The van der Waals surface area contributed by atoms with E-state index >= 15 is 0 Å². The average Bonchev–Trinajstić information content (AvgIpc) is 3.12. The maximum absolute atomic E-state index is 12.9. The summed E-state index contributed by atoms with van der Waals surface area (Å²) < 4.78 is 18.4. The number of hydrogen-bond donors (Lipinski definition) is 0. The lowest BCUT2D eigenvalue weighted by molar-refractivity contribution is 0.0329. The highest BCUT2D eigenvalue weighted by Crippen LogP contribution is 2.42. The average molecular weight is 485 g/mol. The molecule has 0 aromatic heterocycles. The normalized spacial score (nSPS) is 20.3. The molecule has 0 amide bonds. The number of fused-ring (bicyclic) bond motifs is 3. The van der Waals surface area contributed by atoms with E-state index in [1.165, 1.54) is 0 Å². The molecular formula is C24H25BrN2O4. The molecule has 6 nitrogen and oxygen atoms in total. The second kappa shape index (κ2) is 9.12. The SMILES string of the molecule is O=C1/C(=C/c2ccccc2Br)Oc2c1ccc1c2CN(CCCN2CCOCC2)CO1. The lowest BCUT2D eigenvalue weighted by atomic mass is 10.0. The van der Waals surface area contributed by atoms with Crippen LogP contribution in [0, 0.1) is 0 Å². The molecule has 0 radical (unpaired) electrons. The van der Waals surface area contributed by atoms with Crippen LogP contribution in [0.15, 0.2) is 46.6 Å². The molecule has 3 aliphatic rings. The predicted molar refractivity (Wildman–Crippen MR) is 121 cm³/mol. The summed E-state index contributed by atoms with van der Waals surface area (Å²) in [6.45, 7) is 6.95. The Morgan fingerprint density at radius 2 is 1.84 bits per heavy atom. The molecule has 0 bridgehead atoms. The highest BCUT2D eigenvalue weighted by atomic mass is 79.9. The molecule has 0 atom stereocenters. The zero-order chi connectivity index (χ0) is 21.2. The molecule has 0 aliphatic carbocycles. The first-order valence-electron chi connectivity index (χ1n) is 10.7. The molecule has 3 heterocycles. The molecule has 1 fully saturated rings. The number of ether oxygens (including phenoxy) is 3. The van der Waals surface area contributed by atoms with E-state index in [0.717, 1.165) is 73.7 Å². The van der Waals surface area contributed by atoms with Gasteiger partial charge in [-0.25, -0.2) is 0 Å². The van der Waals surface area contributed by atoms with E-state index in [1.807, 2.05) is 36.4 Å². The van der Waals surface area contributed by atoms with Crippen molar-refractivity contribution in [2.24, 2.45) is 0 Å². The number of nitrogens with zero attached hydrogens (tertiary/aromatic N) is 2. The van der Waals surface area contributed by atoms with Crippen LogP contribution in [-0.4, -0.2) is 61.7 Å². The number of hydrogen-bond acceptors (Lipinski definition) is 6. The van der Waals surface area contributed by atoms with Crippen molar-refractivity contribution in [2.75, 3.05) is 46.1 Å². The molecule has 7 heteroatoms. The lowest BCUT2D eigenvalue weighted by Gasteiger charge is -2.31. The minimum Gasteiger partial charge on any atom is -0.478 e. The Balaban J connectivity index is 1.29. The highest BCUT2D eigenvalue weighted by Gasteiger charge is 2.33.